The van der Waals surface area contributed by atoms with E-state index in [-0.39, 0.29) is 36.8 Å². The summed E-state index contributed by atoms with van der Waals surface area (Å²) in [6, 6.07) is 10.4. The standard InChI is InChI=1S/C36H30N10O6/c1-20-15-21(31-40-19-27-34(42-31)51-14-13-45(27)22-6-7-25-26(16-22)44(3)36(50)43(25)2)18-39-30(20)33(48)38-10-4-5-23-17-24-28(52-23)8-11-37-32(24)46-12-9-29(47)41-35(46)49/h6-8,11,15-19H,9-10,12-14H2,1-3H3,(H,38,48)(H,41,47,49). The van der Waals surface area contributed by atoms with Crippen LogP contribution in [0.4, 0.5) is 22.0 Å². The zero-order valence-corrected chi connectivity index (χ0v) is 28.3. The van der Waals surface area contributed by atoms with Gasteiger partial charge in [-0.25, -0.2) is 19.6 Å². The quantitative estimate of drug-likeness (QED) is 0.253. The van der Waals surface area contributed by atoms with Gasteiger partial charge in [0.25, 0.3) is 5.91 Å². The van der Waals surface area contributed by atoms with Crippen LogP contribution in [0.25, 0.3) is 33.4 Å². The van der Waals surface area contributed by atoms with Crippen LogP contribution in [0.15, 0.2) is 64.2 Å². The minimum atomic E-state index is -0.547. The normalized spacial score (nSPS) is 14.1. The van der Waals surface area contributed by atoms with E-state index in [0.717, 1.165) is 16.7 Å². The number of aromatic nitrogens is 6. The molecule has 16 nitrogen and oxygen atoms in total. The number of rotatable bonds is 5. The number of pyridine rings is 2. The highest BCUT2D eigenvalue weighted by atomic mass is 16.5. The fourth-order valence-electron chi connectivity index (χ4n) is 6.34. The van der Waals surface area contributed by atoms with Crippen molar-refractivity contribution < 1.29 is 23.5 Å². The SMILES string of the molecule is Cc1cc(-c2ncc3c(n2)OCCN3c2ccc3c(c2)n(C)c(=O)n3C)cnc1C(=O)NCC#Cc1cc2c(N3CCC(=O)NC3=O)nccc2o1. The second-order valence-corrected chi connectivity index (χ2v) is 12.2. The van der Waals surface area contributed by atoms with E-state index in [1.54, 1.807) is 54.5 Å². The van der Waals surface area contributed by atoms with Gasteiger partial charge < -0.3 is 19.4 Å². The number of urea groups is 1. The largest absolute Gasteiger partial charge is 0.474 e. The first-order chi connectivity index (χ1) is 25.2. The highest BCUT2D eigenvalue weighted by molar-refractivity contribution is 6.08. The van der Waals surface area contributed by atoms with E-state index in [4.69, 9.17) is 9.15 Å². The number of carbonyl (C=O) groups excluding carboxylic acids is 3. The third-order valence-corrected chi connectivity index (χ3v) is 8.98. The first-order valence-electron chi connectivity index (χ1n) is 16.3. The van der Waals surface area contributed by atoms with Crippen LogP contribution in [0.1, 0.15) is 28.2 Å². The number of ether oxygens (including phenoxy) is 1. The molecule has 5 aromatic heterocycles. The van der Waals surface area contributed by atoms with Crippen LogP contribution in [0.3, 0.4) is 0 Å². The molecular formula is C36H30N10O6. The second kappa shape index (κ2) is 12.7. The van der Waals surface area contributed by atoms with Gasteiger partial charge >= 0.3 is 11.7 Å². The van der Waals surface area contributed by atoms with Crippen molar-refractivity contribution in [1.82, 2.24) is 39.7 Å². The van der Waals surface area contributed by atoms with Crippen molar-refractivity contribution in [1.29, 1.82) is 0 Å². The summed E-state index contributed by atoms with van der Waals surface area (Å²) in [5.74, 6) is 6.53. The van der Waals surface area contributed by atoms with Crippen LogP contribution in [-0.4, -0.2) is 73.2 Å². The molecule has 7 heterocycles. The van der Waals surface area contributed by atoms with Crippen LogP contribution < -0.4 is 30.9 Å². The fraction of sp³-hybridized carbons (Fsp3) is 0.222. The number of hydrogen-bond donors (Lipinski definition) is 2. The number of fused-ring (bicyclic) bond motifs is 3. The zero-order chi connectivity index (χ0) is 36.1. The van der Waals surface area contributed by atoms with Crippen molar-refractivity contribution in [2.24, 2.45) is 14.1 Å². The number of imide groups is 1. The Kier molecular flexibility index (Phi) is 7.86. The summed E-state index contributed by atoms with van der Waals surface area (Å²) in [4.78, 5) is 70.8. The Morgan fingerprint density at radius 1 is 0.981 bits per heavy atom. The molecule has 0 atom stereocenters. The number of nitrogens with zero attached hydrogens (tertiary/aromatic N) is 8. The third kappa shape index (κ3) is 5.63. The zero-order valence-electron chi connectivity index (χ0n) is 28.3. The summed E-state index contributed by atoms with van der Waals surface area (Å²) in [6.45, 7) is 2.99. The number of nitrogens with one attached hydrogen (secondary N) is 2. The Labute approximate surface area is 295 Å². The van der Waals surface area contributed by atoms with Crippen molar-refractivity contribution in [3.05, 3.63) is 82.5 Å². The summed E-state index contributed by atoms with van der Waals surface area (Å²) >= 11 is 0. The summed E-state index contributed by atoms with van der Waals surface area (Å²) in [5, 5.41) is 5.62. The van der Waals surface area contributed by atoms with Crippen molar-refractivity contribution in [2.45, 2.75) is 13.3 Å². The Morgan fingerprint density at radius 3 is 2.65 bits per heavy atom. The molecule has 1 saturated heterocycles. The van der Waals surface area contributed by atoms with Gasteiger partial charge in [0.2, 0.25) is 11.8 Å². The molecule has 16 heteroatoms. The van der Waals surface area contributed by atoms with E-state index in [1.807, 2.05) is 18.2 Å². The molecule has 4 amide bonds. The Morgan fingerprint density at radius 2 is 1.83 bits per heavy atom. The fourth-order valence-corrected chi connectivity index (χ4v) is 6.34. The lowest BCUT2D eigenvalue weighted by Crippen LogP contribution is -2.49. The number of carbonyl (C=O) groups is 3. The highest BCUT2D eigenvalue weighted by Gasteiger charge is 2.27. The minimum Gasteiger partial charge on any atom is -0.474 e. The van der Waals surface area contributed by atoms with E-state index in [2.05, 4.69) is 47.3 Å². The maximum absolute atomic E-state index is 13.0. The van der Waals surface area contributed by atoms with Crippen LogP contribution in [0, 0.1) is 18.8 Å². The molecule has 260 valence electrons. The Bertz CT molecular complexity index is 2590. The average molecular weight is 699 g/mol. The average Bonchev–Trinajstić information content (AvgIpc) is 3.66. The molecule has 0 unspecified atom stereocenters. The van der Waals surface area contributed by atoms with Crippen LogP contribution in [0.5, 0.6) is 5.88 Å². The first kappa shape index (κ1) is 32.2. The van der Waals surface area contributed by atoms with Gasteiger partial charge in [-0.05, 0) is 48.7 Å². The molecule has 2 aliphatic rings. The van der Waals surface area contributed by atoms with Gasteiger partial charge in [0.15, 0.2) is 11.6 Å². The van der Waals surface area contributed by atoms with Gasteiger partial charge in [0.1, 0.15) is 29.4 Å². The first-order valence-corrected chi connectivity index (χ1v) is 16.3. The van der Waals surface area contributed by atoms with Crippen LogP contribution in [0.2, 0.25) is 0 Å². The monoisotopic (exact) mass is 698 g/mol. The van der Waals surface area contributed by atoms with Crippen molar-refractivity contribution in [2.75, 3.05) is 36.0 Å². The predicted molar refractivity (Wildman–Crippen MR) is 189 cm³/mol. The third-order valence-electron chi connectivity index (χ3n) is 8.98. The Hall–Kier alpha value is -7.02. The van der Waals surface area contributed by atoms with Crippen LogP contribution in [-0.2, 0) is 18.9 Å². The summed E-state index contributed by atoms with van der Waals surface area (Å²) in [7, 11) is 3.50. The van der Waals surface area contributed by atoms with Crippen LogP contribution >= 0.6 is 0 Å². The molecule has 8 rings (SSSR count). The molecule has 0 saturated carbocycles. The summed E-state index contributed by atoms with van der Waals surface area (Å²) in [5.41, 5.74) is 5.10. The van der Waals surface area contributed by atoms with Crippen molar-refractivity contribution in [3.8, 4) is 29.1 Å². The summed E-state index contributed by atoms with van der Waals surface area (Å²) < 4.78 is 15.0. The predicted octanol–water partition coefficient (Wildman–Crippen LogP) is 2.94. The van der Waals surface area contributed by atoms with E-state index >= 15 is 0 Å². The number of furan rings is 1. The number of hydrogen-bond acceptors (Lipinski definition) is 11. The molecule has 6 aromatic rings. The molecule has 1 aromatic carbocycles. The second-order valence-electron chi connectivity index (χ2n) is 12.2. The molecular weight excluding hydrogens is 668 g/mol. The molecule has 0 radical (unpaired) electrons. The molecule has 52 heavy (non-hydrogen) atoms. The summed E-state index contributed by atoms with van der Waals surface area (Å²) in [6.07, 6.45) is 4.92. The maximum Gasteiger partial charge on any atom is 0.329 e. The number of benzene rings is 1. The molecule has 2 N–H and O–H groups in total. The van der Waals surface area contributed by atoms with Gasteiger partial charge in [-0.3, -0.25) is 33.9 Å². The van der Waals surface area contributed by atoms with Gasteiger partial charge in [-0.1, -0.05) is 5.92 Å². The van der Waals surface area contributed by atoms with Gasteiger partial charge in [-0.15, -0.1) is 0 Å². The smallest absolute Gasteiger partial charge is 0.329 e. The van der Waals surface area contributed by atoms with E-state index in [9.17, 15) is 19.2 Å². The Balaban J connectivity index is 0.947. The lowest BCUT2D eigenvalue weighted by molar-refractivity contribution is -0.120. The minimum absolute atomic E-state index is 0.0236. The van der Waals surface area contributed by atoms with Gasteiger partial charge in [-0.2, -0.15) is 4.98 Å². The number of aryl methyl sites for hydroxylation is 3. The highest BCUT2D eigenvalue weighted by Crippen LogP contribution is 2.37. The van der Waals surface area contributed by atoms with Crippen molar-refractivity contribution in [3.63, 3.8) is 0 Å². The number of amides is 4. The van der Waals surface area contributed by atoms with Gasteiger partial charge in [0, 0.05) is 56.8 Å². The van der Waals surface area contributed by atoms with Crippen molar-refractivity contribution >= 4 is 57.0 Å². The topological polar surface area (TPSA) is 183 Å². The van der Waals surface area contributed by atoms with E-state index in [1.165, 1.54) is 17.3 Å². The molecule has 0 spiro atoms. The number of imidazole rings is 1. The molecule has 1 fully saturated rings. The molecule has 0 aliphatic carbocycles. The van der Waals surface area contributed by atoms with E-state index < -0.39 is 11.9 Å². The van der Waals surface area contributed by atoms with E-state index in [0.29, 0.717) is 64.2 Å². The number of anilines is 3. The lowest BCUT2D eigenvalue weighted by Gasteiger charge is -2.30. The van der Waals surface area contributed by atoms with Gasteiger partial charge in [0.05, 0.1) is 35.7 Å². The molecule has 2 aliphatic heterocycles. The lowest BCUT2D eigenvalue weighted by atomic mass is 10.1. The molecule has 0 bridgehead atoms. The maximum atomic E-state index is 13.0.